The fourth-order valence-corrected chi connectivity index (χ4v) is 2.36. The van der Waals surface area contributed by atoms with Crippen LogP contribution in [0, 0.1) is 13.8 Å². The molecular formula is C15H14ClN5O. The molecule has 0 bridgehead atoms. The van der Waals surface area contributed by atoms with E-state index in [2.05, 4.69) is 15.3 Å². The maximum atomic E-state index is 12.0. The average molecular weight is 316 g/mol. The molecule has 1 aromatic carbocycles. The standard InChI is InChI=1S/C15H14ClN5O/c1-10-17-18-11(2)21(10)14-7-8-15(22)20(19-14)9-12-3-5-13(16)6-4-12/h3-8H,9H2,1-2H3. The van der Waals surface area contributed by atoms with E-state index in [0.717, 1.165) is 17.2 Å². The SMILES string of the molecule is Cc1nnc(C)n1-c1ccc(=O)n(Cc2ccc(Cl)cc2)n1. The summed E-state index contributed by atoms with van der Waals surface area (Å²) in [5, 5.41) is 13.1. The van der Waals surface area contributed by atoms with Gasteiger partial charge in [-0.25, -0.2) is 4.68 Å². The van der Waals surface area contributed by atoms with Gasteiger partial charge in [0.15, 0.2) is 5.82 Å². The van der Waals surface area contributed by atoms with Crippen molar-refractivity contribution in [2.24, 2.45) is 0 Å². The Labute approximate surface area is 132 Å². The van der Waals surface area contributed by atoms with E-state index in [9.17, 15) is 4.79 Å². The molecule has 2 aromatic heterocycles. The number of nitrogens with zero attached hydrogens (tertiary/aromatic N) is 5. The number of benzene rings is 1. The summed E-state index contributed by atoms with van der Waals surface area (Å²) in [5.74, 6) is 2.07. The molecule has 2 heterocycles. The molecule has 6 nitrogen and oxygen atoms in total. The van der Waals surface area contributed by atoms with Crippen molar-refractivity contribution in [1.29, 1.82) is 0 Å². The highest BCUT2D eigenvalue weighted by Gasteiger charge is 2.10. The fraction of sp³-hybridized carbons (Fsp3) is 0.200. The van der Waals surface area contributed by atoms with Gasteiger partial charge in [-0.05, 0) is 37.6 Å². The minimum Gasteiger partial charge on any atom is -0.268 e. The number of halogens is 1. The smallest absolute Gasteiger partial charge is 0.267 e. The molecule has 0 fully saturated rings. The molecule has 0 saturated carbocycles. The second kappa shape index (κ2) is 5.73. The van der Waals surface area contributed by atoms with E-state index in [-0.39, 0.29) is 5.56 Å². The zero-order chi connectivity index (χ0) is 15.7. The van der Waals surface area contributed by atoms with Gasteiger partial charge in [0, 0.05) is 11.1 Å². The van der Waals surface area contributed by atoms with Crippen LogP contribution in [0.2, 0.25) is 5.02 Å². The van der Waals surface area contributed by atoms with Gasteiger partial charge in [0.25, 0.3) is 5.56 Å². The number of rotatable bonds is 3. The van der Waals surface area contributed by atoms with Crippen LogP contribution in [0.3, 0.4) is 0 Å². The monoisotopic (exact) mass is 315 g/mol. The molecule has 3 rings (SSSR count). The summed E-state index contributed by atoms with van der Waals surface area (Å²) in [4.78, 5) is 12.0. The maximum absolute atomic E-state index is 12.0. The molecule has 3 aromatic rings. The Balaban J connectivity index is 2.00. The molecule has 0 radical (unpaired) electrons. The summed E-state index contributed by atoms with van der Waals surface area (Å²) >= 11 is 5.87. The second-order valence-corrected chi connectivity index (χ2v) is 5.38. The molecule has 0 amide bonds. The summed E-state index contributed by atoms with van der Waals surface area (Å²) in [7, 11) is 0. The first-order valence-electron chi connectivity index (χ1n) is 6.76. The van der Waals surface area contributed by atoms with Crippen molar-refractivity contribution in [3.63, 3.8) is 0 Å². The van der Waals surface area contributed by atoms with Crippen LogP contribution in [0.15, 0.2) is 41.2 Å². The van der Waals surface area contributed by atoms with Crippen molar-refractivity contribution in [3.05, 3.63) is 69.0 Å². The average Bonchev–Trinajstić information content (AvgIpc) is 2.83. The van der Waals surface area contributed by atoms with Crippen molar-refractivity contribution >= 4 is 11.6 Å². The van der Waals surface area contributed by atoms with Crippen LogP contribution in [0.25, 0.3) is 5.82 Å². The Morgan fingerprint density at radius 2 is 1.64 bits per heavy atom. The largest absolute Gasteiger partial charge is 0.268 e. The lowest BCUT2D eigenvalue weighted by Gasteiger charge is -2.09. The summed E-state index contributed by atoms with van der Waals surface area (Å²) < 4.78 is 3.22. The molecule has 0 aliphatic heterocycles. The zero-order valence-electron chi connectivity index (χ0n) is 12.2. The van der Waals surface area contributed by atoms with Crippen LogP contribution < -0.4 is 5.56 Å². The molecule has 0 unspecified atom stereocenters. The topological polar surface area (TPSA) is 65.6 Å². The van der Waals surface area contributed by atoms with Gasteiger partial charge in [-0.1, -0.05) is 23.7 Å². The third-order valence-corrected chi connectivity index (χ3v) is 3.57. The number of aryl methyl sites for hydroxylation is 2. The summed E-state index contributed by atoms with van der Waals surface area (Å²) in [6, 6.07) is 10.5. The fourth-order valence-electron chi connectivity index (χ4n) is 2.23. The van der Waals surface area contributed by atoms with Crippen LogP contribution in [-0.4, -0.2) is 24.5 Å². The van der Waals surface area contributed by atoms with Gasteiger partial charge in [-0.15, -0.1) is 10.2 Å². The molecule has 112 valence electrons. The third kappa shape index (κ3) is 2.78. The van der Waals surface area contributed by atoms with E-state index in [1.165, 1.54) is 10.7 Å². The lowest BCUT2D eigenvalue weighted by atomic mass is 10.2. The first-order chi connectivity index (χ1) is 10.5. The first-order valence-corrected chi connectivity index (χ1v) is 7.14. The molecule has 0 aliphatic carbocycles. The van der Waals surface area contributed by atoms with Gasteiger partial charge >= 0.3 is 0 Å². The number of hydrogen-bond acceptors (Lipinski definition) is 4. The van der Waals surface area contributed by atoms with Crippen LogP contribution in [-0.2, 0) is 6.54 Å². The van der Waals surface area contributed by atoms with Crippen molar-refractivity contribution in [1.82, 2.24) is 24.5 Å². The Bertz CT molecular complexity index is 847. The van der Waals surface area contributed by atoms with Crippen molar-refractivity contribution < 1.29 is 0 Å². The molecular weight excluding hydrogens is 302 g/mol. The Hall–Kier alpha value is -2.47. The summed E-state index contributed by atoms with van der Waals surface area (Å²) in [6.07, 6.45) is 0. The molecule has 0 atom stereocenters. The van der Waals surface area contributed by atoms with Crippen molar-refractivity contribution in [2.75, 3.05) is 0 Å². The van der Waals surface area contributed by atoms with E-state index in [4.69, 9.17) is 11.6 Å². The van der Waals surface area contributed by atoms with Crippen LogP contribution in [0.1, 0.15) is 17.2 Å². The van der Waals surface area contributed by atoms with Crippen molar-refractivity contribution in [3.8, 4) is 5.82 Å². The van der Waals surface area contributed by atoms with Crippen LogP contribution >= 0.6 is 11.6 Å². The van der Waals surface area contributed by atoms with Gasteiger partial charge in [0.2, 0.25) is 0 Å². The molecule has 7 heteroatoms. The predicted molar refractivity (Wildman–Crippen MR) is 83.4 cm³/mol. The lowest BCUT2D eigenvalue weighted by Crippen LogP contribution is -2.24. The van der Waals surface area contributed by atoms with E-state index < -0.39 is 0 Å². The molecule has 0 spiro atoms. The van der Waals surface area contributed by atoms with E-state index in [1.54, 1.807) is 22.8 Å². The minimum absolute atomic E-state index is 0.165. The highest BCUT2D eigenvalue weighted by molar-refractivity contribution is 6.30. The summed E-state index contributed by atoms with van der Waals surface area (Å²) in [5.41, 5.74) is 0.787. The Morgan fingerprint density at radius 3 is 2.27 bits per heavy atom. The third-order valence-electron chi connectivity index (χ3n) is 3.31. The molecule has 0 N–H and O–H groups in total. The molecule has 0 aliphatic rings. The number of hydrogen-bond donors (Lipinski definition) is 0. The van der Waals surface area contributed by atoms with Gasteiger partial charge < -0.3 is 0 Å². The van der Waals surface area contributed by atoms with Crippen LogP contribution in [0.4, 0.5) is 0 Å². The highest BCUT2D eigenvalue weighted by Crippen LogP contribution is 2.11. The van der Waals surface area contributed by atoms with E-state index >= 15 is 0 Å². The highest BCUT2D eigenvalue weighted by atomic mass is 35.5. The summed E-state index contributed by atoms with van der Waals surface area (Å²) in [6.45, 7) is 4.07. The first kappa shape index (κ1) is 14.5. The Morgan fingerprint density at radius 1 is 1.00 bits per heavy atom. The normalized spacial score (nSPS) is 10.9. The van der Waals surface area contributed by atoms with Crippen molar-refractivity contribution in [2.45, 2.75) is 20.4 Å². The predicted octanol–water partition coefficient (Wildman–Crippen LogP) is 2.14. The molecule has 0 saturated heterocycles. The number of aromatic nitrogens is 5. The Kier molecular flexibility index (Phi) is 3.77. The minimum atomic E-state index is -0.165. The van der Waals surface area contributed by atoms with Gasteiger partial charge in [-0.2, -0.15) is 5.10 Å². The second-order valence-electron chi connectivity index (χ2n) is 4.94. The van der Waals surface area contributed by atoms with E-state index in [0.29, 0.717) is 17.4 Å². The van der Waals surface area contributed by atoms with E-state index in [1.807, 2.05) is 26.0 Å². The van der Waals surface area contributed by atoms with Crippen LogP contribution in [0.5, 0.6) is 0 Å². The van der Waals surface area contributed by atoms with Gasteiger partial charge in [0.1, 0.15) is 11.6 Å². The quantitative estimate of drug-likeness (QED) is 0.743. The zero-order valence-corrected chi connectivity index (χ0v) is 12.9. The lowest BCUT2D eigenvalue weighted by molar-refractivity contribution is 0.624. The van der Waals surface area contributed by atoms with Gasteiger partial charge in [0.05, 0.1) is 6.54 Å². The van der Waals surface area contributed by atoms with Gasteiger partial charge in [-0.3, -0.25) is 9.36 Å². The maximum Gasteiger partial charge on any atom is 0.267 e. The molecule has 22 heavy (non-hydrogen) atoms.